The minimum atomic E-state index is -0.600. The van der Waals surface area contributed by atoms with Crippen LogP contribution in [0.25, 0.3) is 0 Å². The molecule has 6 heteroatoms. The summed E-state index contributed by atoms with van der Waals surface area (Å²) in [5.74, 6) is 1.03. The van der Waals surface area contributed by atoms with Crippen molar-refractivity contribution in [2.24, 2.45) is 5.92 Å². The Morgan fingerprint density at radius 3 is 2.54 bits per heavy atom. The van der Waals surface area contributed by atoms with E-state index in [4.69, 9.17) is 27.9 Å². The van der Waals surface area contributed by atoms with Crippen molar-refractivity contribution >= 4 is 29.1 Å². The van der Waals surface area contributed by atoms with Gasteiger partial charge in [-0.05, 0) is 43.9 Å². The van der Waals surface area contributed by atoms with Crippen molar-refractivity contribution in [3.8, 4) is 5.75 Å². The van der Waals surface area contributed by atoms with Crippen LogP contribution in [0.4, 0.5) is 0 Å². The Hall–Kier alpha value is -0.970. The van der Waals surface area contributed by atoms with Gasteiger partial charge in [0.25, 0.3) is 5.91 Å². The van der Waals surface area contributed by atoms with Gasteiger partial charge in [0, 0.05) is 30.7 Å². The van der Waals surface area contributed by atoms with E-state index in [1.165, 1.54) is 0 Å². The molecule has 4 nitrogen and oxygen atoms in total. The second kappa shape index (κ2) is 8.93. The predicted molar refractivity (Wildman–Crippen MR) is 99.0 cm³/mol. The Bertz CT molecular complexity index is 558. The van der Waals surface area contributed by atoms with E-state index in [1.807, 2.05) is 0 Å². The summed E-state index contributed by atoms with van der Waals surface area (Å²) >= 11 is 11.9. The predicted octanol–water partition coefficient (Wildman–Crippen LogP) is 4.00. The highest BCUT2D eigenvalue weighted by atomic mass is 35.5. The number of likely N-dealkylation sites (tertiary alicyclic amines) is 1. The van der Waals surface area contributed by atoms with Crippen LogP contribution in [0.2, 0.25) is 10.0 Å². The molecule has 1 amide bonds. The lowest BCUT2D eigenvalue weighted by Gasteiger charge is -2.33. The molecule has 0 saturated carbocycles. The molecule has 1 heterocycles. The molecule has 24 heavy (non-hydrogen) atoms. The zero-order valence-corrected chi connectivity index (χ0v) is 16.0. The molecule has 1 aromatic carbocycles. The van der Waals surface area contributed by atoms with E-state index in [9.17, 15) is 4.79 Å². The number of nitrogens with zero attached hydrogens (tertiary/aromatic N) is 1. The van der Waals surface area contributed by atoms with E-state index in [2.05, 4.69) is 24.1 Å². The average molecular weight is 373 g/mol. The lowest BCUT2D eigenvalue weighted by molar-refractivity contribution is -0.128. The third-order valence-corrected chi connectivity index (χ3v) is 4.65. The molecule has 1 aliphatic rings. The van der Waals surface area contributed by atoms with Gasteiger partial charge < -0.3 is 15.0 Å². The van der Waals surface area contributed by atoms with Crippen molar-refractivity contribution in [3.05, 3.63) is 28.2 Å². The largest absolute Gasteiger partial charge is 0.479 e. The van der Waals surface area contributed by atoms with Crippen molar-refractivity contribution in [3.63, 3.8) is 0 Å². The lowest BCUT2D eigenvalue weighted by Crippen LogP contribution is -2.48. The molecule has 1 aromatic rings. The van der Waals surface area contributed by atoms with Crippen molar-refractivity contribution in [1.29, 1.82) is 0 Å². The number of benzene rings is 1. The van der Waals surface area contributed by atoms with E-state index >= 15 is 0 Å². The van der Waals surface area contributed by atoms with Crippen molar-refractivity contribution in [2.45, 2.75) is 45.8 Å². The fourth-order valence-electron chi connectivity index (χ4n) is 2.91. The van der Waals surface area contributed by atoms with E-state index in [0.717, 1.165) is 32.5 Å². The van der Waals surface area contributed by atoms with Gasteiger partial charge in [0.1, 0.15) is 5.75 Å². The first kappa shape index (κ1) is 19.4. The third kappa shape index (κ3) is 5.83. The van der Waals surface area contributed by atoms with Crippen LogP contribution in [0, 0.1) is 5.92 Å². The van der Waals surface area contributed by atoms with Crippen molar-refractivity contribution < 1.29 is 9.53 Å². The summed E-state index contributed by atoms with van der Waals surface area (Å²) in [6.45, 7) is 9.37. The van der Waals surface area contributed by atoms with Gasteiger partial charge in [-0.3, -0.25) is 4.79 Å². The number of halogens is 2. The number of rotatable bonds is 6. The van der Waals surface area contributed by atoms with Crippen LogP contribution in [0.5, 0.6) is 5.75 Å². The highest BCUT2D eigenvalue weighted by Gasteiger charge is 2.24. The minimum absolute atomic E-state index is 0.108. The van der Waals surface area contributed by atoms with Crippen LogP contribution in [0.3, 0.4) is 0 Å². The quantitative estimate of drug-likeness (QED) is 0.820. The normalized spacial score (nSPS) is 17.8. The summed E-state index contributed by atoms with van der Waals surface area (Å²) in [5.41, 5.74) is 0. The highest BCUT2D eigenvalue weighted by molar-refractivity contribution is 6.35. The van der Waals surface area contributed by atoms with Crippen LogP contribution in [-0.4, -0.2) is 42.6 Å². The van der Waals surface area contributed by atoms with E-state index in [-0.39, 0.29) is 11.9 Å². The first-order chi connectivity index (χ1) is 11.3. The average Bonchev–Trinajstić information content (AvgIpc) is 2.51. The van der Waals surface area contributed by atoms with Gasteiger partial charge in [-0.15, -0.1) is 0 Å². The second-order valence-electron chi connectivity index (χ2n) is 6.81. The van der Waals surface area contributed by atoms with Gasteiger partial charge in [0.15, 0.2) is 6.10 Å². The van der Waals surface area contributed by atoms with Gasteiger partial charge in [-0.25, -0.2) is 0 Å². The van der Waals surface area contributed by atoms with Gasteiger partial charge >= 0.3 is 0 Å². The van der Waals surface area contributed by atoms with E-state index in [0.29, 0.717) is 21.7 Å². The van der Waals surface area contributed by atoms with Crippen molar-refractivity contribution in [2.75, 3.05) is 19.6 Å². The van der Waals surface area contributed by atoms with Crippen LogP contribution < -0.4 is 10.1 Å². The van der Waals surface area contributed by atoms with Gasteiger partial charge in [0.05, 0.1) is 5.02 Å². The van der Waals surface area contributed by atoms with Gasteiger partial charge in [-0.1, -0.05) is 37.0 Å². The summed E-state index contributed by atoms with van der Waals surface area (Å²) in [6.07, 6.45) is 1.36. The zero-order valence-electron chi connectivity index (χ0n) is 14.5. The Kier molecular flexibility index (Phi) is 7.20. The molecule has 0 spiro atoms. The molecule has 0 radical (unpaired) electrons. The number of carbonyl (C=O) groups excluding carboxylic acids is 1. The molecule has 1 saturated heterocycles. The number of hydrogen-bond donors (Lipinski definition) is 1. The first-order valence-electron chi connectivity index (χ1n) is 8.49. The Morgan fingerprint density at radius 1 is 1.29 bits per heavy atom. The second-order valence-corrected chi connectivity index (χ2v) is 7.66. The number of piperidine rings is 1. The lowest BCUT2D eigenvalue weighted by atomic mass is 10.0. The maximum Gasteiger partial charge on any atom is 0.260 e. The maximum absolute atomic E-state index is 12.3. The summed E-state index contributed by atoms with van der Waals surface area (Å²) in [7, 11) is 0. The summed E-state index contributed by atoms with van der Waals surface area (Å²) in [5, 5.41) is 4.03. The van der Waals surface area contributed by atoms with Crippen LogP contribution >= 0.6 is 23.2 Å². The number of ether oxygens (including phenoxy) is 1. The smallest absolute Gasteiger partial charge is 0.260 e. The van der Waals surface area contributed by atoms with Crippen LogP contribution in [0.1, 0.15) is 33.6 Å². The maximum atomic E-state index is 12.3. The molecular formula is C18H26Cl2N2O2. The molecule has 1 atom stereocenters. The molecule has 0 aromatic heterocycles. The minimum Gasteiger partial charge on any atom is -0.479 e. The molecular weight excluding hydrogens is 347 g/mol. The summed E-state index contributed by atoms with van der Waals surface area (Å²) < 4.78 is 5.66. The highest BCUT2D eigenvalue weighted by Crippen LogP contribution is 2.28. The fraction of sp³-hybridized carbons (Fsp3) is 0.611. The molecule has 1 fully saturated rings. The van der Waals surface area contributed by atoms with E-state index in [1.54, 1.807) is 25.1 Å². The van der Waals surface area contributed by atoms with Crippen LogP contribution in [-0.2, 0) is 4.79 Å². The standard InChI is InChI=1S/C18H26Cl2N2O2/c1-12(2)11-22-8-6-15(7-9-22)21-18(23)13(3)24-17-5-4-14(19)10-16(17)20/h4-5,10,12-13,15H,6-9,11H2,1-3H3,(H,21,23)/t13-/m1/s1. The fourth-order valence-corrected chi connectivity index (χ4v) is 3.36. The SMILES string of the molecule is CC(C)CN1CCC(NC(=O)[C@@H](C)Oc2ccc(Cl)cc2Cl)CC1. The van der Waals surface area contributed by atoms with Crippen molar-refractivity contribution in [1.82, 2.24) is 10.2 Å². The topological polar surface area (TPSA) is 41.6 Å². The first-order valence-corrected chi connectivity index (χ1v) is 9.25. The molecule has 1 aliphatic heterocycles. The number of carbonyl (C=O) groups is 1. The molecule has 1 N–H and O–H groups in total. The monoisotopic (exact) mass is 372 g/mol. The number of hydrogen-bond acceptors (Lipinski definition) is 3. The molecule has 0 aliphatic carbocycles. The molecule has 2 rings (SSSR count). The number of nitrogens with one attached hydrogen (secondary N) is 1. The van der Waals surface area contributed by atoms with Crippen LogP contribution in [0.15, 0.2) is 18.2 Å². The Morgan fingerprint density at radius 2 is 1.96 bits per heavy atom. The summed E-state index contributed by atoms with van der Waals surface area (Å²) in [6, 6.07) is 5.19. The third-order valence-electron chi connectivity index (χ3n) is 4.12. The van der Waals surface area contributed by atoms with Gasteiger partial charge in [-0.2, -0.15) is 0 Å². The van der Waals surface area contributed by atoms with Gasteiger partial charge in [0.2, 0.25) is 0 Å². The summed E-state index contributed by atoms with van der Waals surface area (Å²) in [4.78, 5) is 14.8. The Balaban J connectivity index is 1.80. The number of amides is 1. The Labute approximate surface area is 154 Å². The van der Waals surface area contributed by atoms with E-state index < -0.39 is 6.10 Å². The molecule has 0 unspecified atom stereocenters. The molecule has 0 bridgehead atoms. The zero-order chi connectivity index (χ0) is 17.7. The molecule has 134 valence electrons.